The van der Waals surface area contributed by atoms with Crippen LogP contribution < -0.4 is 18.9 Å². The fourth-order valence-corrected chi connectivity index (χ4v) is 3.10. The van der Waals surface area contributed by atoms with Crippen molar-refractivity contribution in [1.82, 2.24) is 0 Å². The Kier molecular flexibility index (Phi) is 3.13. The second kappa shape index (κ2) is 5.19. The Balaban J connectivity index is 2.22. The molecule has 0 unspecified atom stereocenters. The predicted molar refractivity (Wildman–Crippen MR) is 87.6 cm³/mol. The standard InChI is InChI=1S/C18H14O6/c1-21-14-6-10-11(7-15(14)22-2)16-9(5-12(10)18(19)20)3-4-13-17(16)24-8-23-13/h3-7H,8H2,1-2H3,(H,19,20). The van der Waals surface area contributed by atoms with Crippen molar-refractivity contribution in [2.45, 2.75) is 0 Å². The lowest BCUT2D eigenvalue weighted by Gasteiger charge is -2.14. The summed E-state index contributed by atoms with van der Waals surface area (Å²) in [5, 5.41) is 12.4. The molecule has 3 aromatic carbocycles. The molecule has 0 bridgehead atoms. The zero-order chi connectivity index (χ0) is 16.8. The number of methoxy groups -OCH3 is 2. The van der Waals surface area contributed by atoms with Gasteiger partial charge in [0.25, 0.3) is 0 Å². The molecule has 0 atom stereocenters. The Hall–Kier alpha value is -3.15. The second-order valence-electron chi connectivity index (χ2n) is 5.38. The number of carboxylic acids is 1. The molecule has 122 valence electrons. The maximum Gasteiger partial charge on any atom is 0.336 e. The van der Waals surface area contributed by atoms with Crippen LogP contribution >= 0.6 is 0 Å². The Bertz CT molecular complexity index is 992. The Morgan fingerprint density at radius 1 is 1.04 bits per heavy atom. The zero-order valence-corrected chi connectivity index (χ0v) is 13.1. The average molecular weight is 326 g/mol. The monoisotopic (exact) mass is 326 g/mol. The Morgan fingerprint density at radius 2 is 1.75 bits per heavy atom. The molecule has 3 aromatic rings. The number of benzene rings is 3. The van der Waals surface area contributed by atoms with Crippen molar-refractivity contribution >= 4 is 27.5 Å². The van der Waals surface area contributed by atoms with Gasteiger partial charge < -0.3 is 24.1 Å². The minimum absolute atomic E-state index is 0.143. The van der Waals surface area contributed by atoms with E-state index in [2.05, 4.69) is 0 Å². The van der Waals surface area contributed by atoms with E-state index >= 15 is 0 Å². The number of hydrogen-bond acceptors (Lipinski definition) is 5. The quantitative estimate of drug-likeness (QED) is 0.743. The van der Waals surface area contributed by atoms with Gasteiger partial charge in [0.1, 0.15) is 0 Å². The van der Waals surface area contributed by atoms with Crippen molar-refractivity contribution in [2.24, 2.45) is 0 Å². The molecule has 0 fully saturated rings. The van der Waals surface area contributed by atoms with Crippen LogP contribution in [0.5, 0.6) is 23.0 Å². The van der Waals surface area contributed by atoms with Gasteiger partial charge in [-0.25, -0.2) is 4.79 Å². The van der Waals surface area contributed by atoms with Gasteiger partial charge in [-0.2, -0.15) is 0 Å². The molecule has 0 spiro atoms. The maximum atomic E-state index is 11.7. The molecule has 1 heterocycles. The number of fused-ring (bicyclic) bond motifs is 5. The molecule has 1 aliphatic rings. The first kappa shape index (κ1) is 14.4. The topological polar surface area (TPSA) is 74.2 Å². The highest BCUT2D eigenvalue weighted by Crippen LogP contribution is 2.45. The van der Waals surface area contributed by atoms with E-state index in [-0.39, 0.29) is 12.4 Å². The lowest BCUT2D eigenvalue weighted by molar-refractivity contribution is 0.0699. The van der Waals surface area contributed by atoms with Gasteiger partial charge in [0.15, 0.2) is 23.0 Å². The zero-order valence-electron chi connectivity index (χ0n) is 13.1. The summed E-state index contributed by atoms with van der Waals surface area (Å²) < 4.78 is 21.7. The van der Waals surface area contributed by atoms with Crippen molar-refractivity contribution in [3.8, 4) is 23.0 Å². The van der Waals surface area contributed by atoms with Crippen LogP contribution in [-0.2, 0) is 0 Å². The molecule has 0 saturated carbocycles. The van der Waals surface area contributed by atoms with Gasteiger partial charge in [-0.15, -0.1) is 0 Å². The summed E-state index contributed by atoms with van der Waals surface area (Å²) in [5.41, 5.74) is 0.192. The molecule has 0 aromatic heterocycles. The van der Waals surface area contributed by atoms with Gasteiger partial charge in [-0.05, 0) is 35.0 Å². The molecule has 6 heteroatoms. The van der Waals surface area contributed by atoms with Crippen LogP contribution in [0.15, 0.2) is 30.3 Å². The molecular formula is C18H14O6. The molecule has 0 amide bonds. The largest absolute Gasteiger partial charge is 0.493 e. The van der Waals surface area contributed by atoms with Crippen LogP contribution in [0.1, 0.15) is 10.4 Å². The number of hydrogen-bond donors (Lipinski definition) is 1. The van der Waals surface area contributed by atoms with Gasteiger partial charge in [-0.1, -0.05) is 6.07 Å². The first-order valence-electron chi connectivity index (χ1n) is 7.28. The minimum atomic E-state index is -1.01. The Labute approximate surface area is 137 Å². The van der Waals surface area contributed by atoms with Crippen molar-refractivity contribution in [3.63, 3.8) is 0 Å². The van der Waals surface area contributed by atoms with Gasteiger partial charge in [0, 0.05) is 10.8 Å². The van der Waals surface area contributed by atoms with E-state index in [4.69, 9.17) is 18.9 Å². The SMILES string of the molecule is COc1cc2c(C(=O)O)cc3ccc4c(c3c2cc1OC)OCO4. The molecule has 1 aliphatic heterocycles. The molecule has 1 N–H and O–H groups in total. The molecule has 0 saturated heterocycles. The van der Waals surface area contributed by atoms with E-state index in [1.807, 2.05) is 6.07 Å². The van der Waals surface area contributed by atoms with E-state index in [1.165, 1.54) is 14.2 Å². The van der Waals surface area contributed by atoms with Crippen LogP contribution in [0, 0.1) is 0 Å². The summed E-state index contributed by atoms with van der Waals surface area (Å²) in [7, 11) is 3.05. The number of rotatable bonds is 3. The van der Waals surface area contributed by atoms with Gasteiger partial charge >= 0.3 is 5.97 Å². The van der Waals surface area contributed by atoms with Crippen molar-refractivity contribution in [2.75, 3.05) is 21.0 Å². The van der Waals surface area contributed by atoms with Crippen molar-refractivity contribution in [3.05, 3.63) is 35.9 Å². The van der Waals surface area contributed by atoms with Crippen LogP contribution in [0.2, 0.25) is 0 Å². The van der Waals surface area contributed by atoms with Crippen molar-refractivity contribution < 1.29 is 28.8 Å². The maximum absolute atomic E-state index is 11.7. The van der Waals surface area contributed by atoms with Crippen molar-refractivity contribution in [1.29, 1.82) is 0 Å². The fraction of sp³-hybridized carbons (Fsp3) is 0.167. The third-order valence-corrected chi connectivity index (χ3v) is 4.18. The number of carbonyl (C=O) groups is 1. The summed E-state index contributed by atoms with van der Waals surface area (Å²) >= 11 is 0. The van der Waals surface area contributed by atoms with Crippen LogP contribution in [0.4, 0.5) is 0 Å². The molecule has 0 radical (unpaired) electrons. The van der Waals surface area contributed by atoms with E-state index in [0.717, 1.165) is 10.8 Å². The molecule has 4 rings (SSSR count). The molecule has 0 aliphatic carbocycles. The summed E-state index contributed by atoms with van der Waals surface area (Å²) in [6.07, 6.45) is 0. The number of carboxylic acid groups (broad SMARTS) is 1. The van der Waals surface area contributed by atoms with Gasteiger partial charge in [0.2, 0.25) is 6.79 Å². The molecular weight excluding hydrogens is 312 g/mol. The van der Waals surface area contributed by atoms with Gasteiger partial charge in [0.05, 0.1) is 19.8 Å². The number of ether oxygens (including phenoxy) is 4. The first-order valence-corrected chi connectivity index (χ1v) is 7.28. The summed E-state index contributed by atoms with van der Waals surface area (Å²) in [6, 6.07) is 8.68. The van der Waals surface area contributed by atoms with E-state index in [0.29, 0.717) is 33.8 Å². The smallest absolute Gasteiger partial charge is 0.336 e. The number of aromatic carboxylic acids is 1. The highest BCUT2D eigenvalue weighted by Gasteiger charge is 2.22. The minimum Gasteiger partial charge on any atom is -0.493 e. The summed E-state index contributed by atoms with van der Waals surface area (Å²) in [6.45, 7) is 0.143. The third kappa shape index (κ3) is 1.93. The van der Waals surface area contributed by atoms with E-state index < -0.39 is 5.97 Å². The van der Waals surface area contributed by atoms with Crippen LogP contribution in [0.25, 0.3) is 21.5 Å². The highest BCUT2D eigenvalue weighted by molar-refractivity contribution is 6.18. The fourth-order valence-electron chi connectivity index (χ4n) is 3.10. The third-order valence-electron chi connectivity index (χ3n) is 4.18. The van der Waals surface area contributed by atoms with Gasteiger partial charge in [-0.3, -0.25) is 0 Å². The normalized spacial score (nSPS) is 12.6. The lowest BCUT2D eigenvalue weighted by atomic mass is 9.95. The van der Waals surface area contributed by atoms with E-state index in [9.17, 15) is 9.90 Å². The molecule has 24 heavy (non-hydrogen) atoms. The Morgan fingerprint density at radius 3 is 2.42 bits per heavy atom. The average Bonchev–Trinajstić information content (AvgIpc) is 3.07. The van der Waals surface area contributed by atoms with Crippen LogP contribution in [-0.4, -0.2) is 32.1 Å². The molecule has 6 nitrogen and oxygen atoms in total. The van der Waals surface area contributed by atoms with Crippen LogP contribution in [0.3, 0.4) is 0 Å². The summed E-state index contributed by atoms with van der Waals surface area (Å²) in [5.74, 6) is 1.23. The lowest BCUT2D eigenvalue weighted by Crippen LogP contribution is -2.00. The summed E-state index contributed by atoms with van der Waals surface area (Å²) in [4.78, 5) is 11.7. The highest BCUT2D eigenvalue weighted by atomic mass is 16.7. The second-order valence-corrected chi connectivity index (χ2v) is 5.38. The first-order chi connectivity index (χ1) is 11.6. The van der Waals surface area contributed by atoms with E-state index in [1.54, 1.807) is 24.3 Å². The predicted octanol–water partition coefficient (Wildman–Crippen LogP) is 3.44.